The van der Waals surface area contributed by atoms with E-state index in [1.807, 2.05) is 13.8 Å². The summed E-state index contributed by atoms with van der Waals surface area (Å²) in [6.45, 7) is 4.05. The van der Waals surface area contributed by atoms with E-state index in [0.717, 1.165) is 30.2 Å². The van der Waals surface area contributed by atoms with E-state index in [0.29, 0.717) is 17.5 Å². The Balaban J connectivity index is 1.70. The number of nitriles is 1. The van der Waals surface area contributed by atoms with Crippen molar-refractivity contribution < 1.29 is 0 Å². The van der Waals surface area contributed by atoms with E-state index in [9.17, 15) is 0 Å². The quantitative estimate of drug-likeness (QED) is 0.788. The lowest BCUT2D eigenvalue weighted by molar-refractivity contribution is -0.0323. The van der Waals surface area contributed by atoms with Gasteiger partial charge in [0.1, 0.15) is 17.3 Å². The lowest BCUT2D eigenvalue weighted by Gasteiger charge is -2.68. The third kappa shape index (κ3) is 2.26. The number of rotatable bonds is 4. The third-order valence-corrected chi connectivity index (χ3v) is 4.55. The molecule has 118 valence electrons. The predicted molar refractivity (Wildman–Crippen MR) is 87.9 cm³/mol. The third-order valence-electron chi connectivity index (χ3n) is 4.55. The summed E-state index contributed by atoms with van der Waals surface area (Å²) in [6, 6.07) is 3.98. The molecule has 3 fully saturated rings. The second-order valence-corrected chi connectivity index (χ2v) is 7.20. The first-order valence-corrected chi connectivity index (χ1v) is 7.82. The minimum absolute atomic E-state index is 0.0391. The molecule has 0 unspecified atom stereocenters. The highest BCUT2D eigenvalue weighted by atomic mass is 15.2. The van der Waals surface area contributed by atoms with Gasteiger partial charge in [0.05, 0.1) is 0 Å². The molecule has 4 N–H and O–H groups in total. The van der Waals surface area contributed by atoms with E-state index in [4.69, 9.17) is 11.0 Å². The number of anilines is 2. The van der Waals surface area contributed by atoms with Gasteiger partial charge < -0.3 is 16.4 Å². The van der Waals surface area contributed by atoms with Crippen LogP contribution in [0.3, 0.4) is 0 Å². The molecule has 7 nitrogen and oxygen atoms in total. The molecule has 0 atom stereocenters. The van der Waals surface area contributed by atoms with Gasteiger partial charge in [0.2, 0.25) is 5.95 Å². The zero-order valence-corrected chi connectivity index (χ0v) is 13.2. The average Bonchev–Trinajstić information content (AvgIpc) is 2.44. The van der Waals surface area contributed by atoms with E-state index in [1.165, 1.54) is 0 Å². The fourth-order valence-corrected chi connectivity index (χ4v) is 3.77. The molecule has 2 aromatic rings. The Kier molecular flexibility index (Phi) is 2.78. The summed E-state index contributed by atoms with van der Waals surface area (Å²) in [7, 11) is 0. The summed E-state index contributed by atoms with van der Waals surface area (Å²) in [5.41, 5.74) is 7.30. The lowest BCUT2D eigenvalue weighted by atomic mass is 9.45. The maximum absolute atomic E-state index is 9.13. The molecule has 0 saturated heterocycles. The molecule has 0 spiro atoms. The van der Waals surface area contributed by atoms with E-state index in [1.54, 1.807) is 12.3 Å². The predicted octanol–water partition coefficient (Wildman–Crippen LogP) is 1.76. The Morgan fingerprint density at radius 1 is 1.30 bits per heavy atom. The molecule has 0 radical (unpaired) electrons. The van der Waals surface area contributed by atoms with Crippen molar-refractivity contribution >= 4 is 22.7 Å². The molecule has 2 heterocycles. The summed E-state index contributed by atoms with van der Waals surface area (Å²) >= 11 is 0. The highest BCUT2D eigenvalue weighted by molar-refractivity contribution is 5.89. The highest BCUT2D eigenvalue weighted by Crippen LogP contribution is 2.59. The number of hydrogen-bond donors (Lipinski definition) is 3. The van der Waals surface area contributed by atoms with Crippen LogP contribution >= 0.6 is 0 Å². The first kappa shape index (κ1) is 14.2. The van der Waals surface area contributed by atoms with Crippen LogP contribution in [0.25, 0.3) is 10.9 Å². The summed E-state index contributed by atoms with van der Waals surface area (Å²) < 4.78 is 0. The number of aromatic nitrogens is 3. The maximum atomic E-state index is 9.13. The molecular weight excluding hydrogens is 290 g/mol. The molecule has 3 aliphatic rings. The number of nitrogens with zero attached hydrogens (tertiary/aromatic N) is 4. The Labute approximate surface area is 134 Å². The van der Waals surface area contributed by atoms with Crippen LogP contribution in [0, 0.1) is 11.3 Å². The second-order valence-electron chi connectivity index (χ2n) is 7.20. The zero-order valence-electron chi connectivity index (χ0n) is 13.2. The van der Waals surface area contributed by atoms with E-state index in [2.05, 4.69) is 31.7 Å². The van der Waals surface area contributed by atoms with Gasteiger partial charge in [-0.3, -0.25) is 0 Å². The summed E-state index contributed by atoms with van der Waals surface area (Å²) in [4.78, 5) is 13.4. The van der Waals surface area contributed by atoms with Gasteiger partial charge in [0.15, 0.2) is 5.82 Å². The molecule has 2 bridgehead atoms. The second kappa shape index (κ2) is 4.52. The maximum Gasteiger partial charge on any atom is 0.223 e. The van der Waals surface area contributed by atoms with Gasteiger partial charge in [-0.1, -0.05) is 0 Å². The number of pyridine rings is 1. The molecule has 3 saturated carbocycles. The average molecular weight is 309 g/mol. The Hall–Kier alpha value is -2.46. The van der Waals surface area contributed by atoms with Crippen molar-refractivity contribution in [3.63, 3.8) is 0 Å². The van der Waals surface area contributed by atoms with Crippen molar-refractivity contribution in [2.24, 2.45) is 5.73 Å². The van der Waals surface area contributed by atoms with Crippen LogP contribution < -0.4 is 16.4 Å². The van der Waals surface area contributed by atoms with Crippen molar-refractivity contribution in [2.75, 3.05) is 10.6 Å². The number of fused-ring (bicyclic) bond motifs is 1. The number of nitrogens with one attached hydrogen (secondary N) is 2. The molecule has 23 heavy (non-hydrogen) atoms. The van der Waals surface area contributed by atoms with Gasteiger partial charge in [0.25, 0.3) is 0 Å². The molecule has 2 aromatic heterocycles. The molecule has 7 heteroatoms. The van der Waals surface area contributed by atoms with Crippen molar-refractivity contribution in [3.05, 3.63) is 18.0 Å². The van der Waals surface area contributed by atoms with E-state index >= 15 is 0 Å². The summed E-state index contributed by atoms with van der Waals surface area (Å²) in [6.07, 6.45) is 4.67. The monoisotopic (exact) mass is 309 g/mol. The lowest BCUT2D eigenvalue weighted by Crippen LogP contribution is -2.79. The molecular formula is C16H19N7. The topological polar surface area (TPSA) is 113 Å². The molecule has 0 aromatic carbocycles. The van der Waals surface area contributed by atoms with E-state index < -0.39 is 0 Å². The highest BCUT2D eigenvalue weighted by Gasteiger charge is 2.66. The van der Waals surface area contributed by atoms with Crippen LogP contribution in [0.5, 0.6) is 0 Å². The Morgan fingerprint density at radius 3 is 2.65 bits per heavy atom. The van der Waals surface area contributed by atoms with Gasteiger partial charge in [0, 0.05) is 28.7 Å². The zero-order chi connectivity index (χ0) is 16.2. The molecule has 3 aliphatic carbocycles. The van der Waals surface area contributed by atoms with Crippen LogP contribution in [0.4, 0.5) is 11.8 Å². The van der Waals surface area contributed by atoms with Gasteiger partial charge >= 0.3 is 0 Å². The van der Waals surface area contributed by atoms with Crippen LogP contribution in [0.2, 0.25) is 0 Å². The number of nitrogens with two attached hydrogens (primary N) is 1. The van der Waals surface area contributed by atoms with Gasteiger partial charge in [-0.05, 0) is 39.2 Å². The first-order chi connectivity index (χ1) is 10.9. The summed E-state index contributed by atoms with van der Waals surface area (Å²) in [5, 5.41) is 16.6. The van der Waals surface area contributed by atoms with Crippen molar-refractivity contribution in [1.29, 1.82) is 5.26 Å². The van der Waals surface area contributed by atoms with E-state index in [-0.39, 0.29) is 17.1 Å². The number of hydrogen-bond acceptors (Lipinski definition) is 7. The van der Waals surface area contributed by atoms with Crippen molar-refractivity contribution in [1.82, 2.24) is 15.0 Å². The van der Waals surface area contributed by atoms with Crippen molar-refractivity contribution in [3.8, 4) is 6.07 Å². The fourth-order valence-electron chi connectivity index (χ4n) is 3.77. The smallest absolute Gasteiger partial charge is 0.223 e. The van der Waals surface area contributed by atoms with Gasteiger partial charge in [-0.25, -0.2) is 15.0 Å². The first-order valence-electron chi connectivity index (χ1n) is 7.82. The van der Waals surface area contributed by atoms with Crippen LogP contribution in [0.1, 0.15) is 38.8 Å². The largest absolute Gasteiger partial charge is 0.366 e. The van der Waals surface area contributed by atoms with Crippen LogP contribution in [-0.4, -0.2) is 32.1 Å². The van der Waals surface area contributed by atoms with Crippen molar-refractivity contribution in [2.45, 2.75) is 50.2 Å². The molecule has 5 rings (SSSR count). The molecule has 0 amide bonds. The normalized spacial score (nSPS) is 28.0. The van der Waals surface area contributed by atoms with Crippen LogP contribution in [0.15, 0.2) is 12.3 Å². The Morgan fingerprint density at radius 2 is 2.04 bits per heavy atom. The Bertz CT molecular complexity index is 816. The molecule has 0 aliphatic heterocycles. The fraction of sp³-hybridized carbons (Fsp3) is 0.500. The van der Waals surface area contributed by atoms with Gasteiger partial charge in [-0.2, -0.15) is 5.26 Å². The summed E-state index contributed by atoms with van der Waals surface area (Å²) in [5.74, 6) is 1.21. The minimum atomic E-state index is 0.0391. The standard InChI is InChI=1S/C16H19N7/c1-9(2)20-13-12-10(3-11(4-17)21-13)5-19-14(22-12)23-16-6-15(18,7-16)8-16/h3,5,9H,6-8,18H2,1-2H3,(H,20,21)(H,19,22,23). The SMILES string of the molecule is CC(C)Nc1nc(C#N)cc2cnc(NC34CC(N)(C3)C4)nc12. The minimum Gasteiger partial charge on any atom is -0.366 e. The van der Waals surface area contributed by atoms with Gasteiger partial charge in [-0.15, -0.1) is 0 Å². The van der Waals surface area contributed by atoms with Crippen LogP contribution in [-0.2, 0) is 0 Å².